The van der Waals surface area contributed by atoms with Gasteiger partial charge in [-0.3, -0.25) is 0 Å². The van der Waals surface area contributed by atoms with Crippen molar-refractivity contribution < 1.29 is 18.3 Å². The number of hydrogen-bond donors (Lipinski definition) is 0. The molecule has 4 heteroatoms. The molecule has 1 saturated heterocycles. The Hall–Kier alpha value is -0.480. The normalized spacial score (nSPS) is 38.7. The monoisotopic (exact) mass is 494 g/mol. The Morgan fingerprint density at radius 2 is 1.09 bits per heavy atom. The summed E-state index contributed by atoms with van der Waals surface area (Å²) in [4.78, 5) is 0. The molecule has 0 aromatic heterocycles. The average Bonchev–Trinajstić information content (AvgIpc) is 2.88. The van der Waals surface area contributed by atoms with Crippen LogP contribution < -0.4 is 0 Å². The molecule has 3 aliphatic carbocycles. The number of rotatable bonds is 10. The highest BCUT2D eigenvalue weighted by atomic mass is 19.3. The minimum Gasteiger partial charge on any atom is -0.352 e. The second kappa shape index (κ2) is 14.5. The third-order valence-electron chi connectivity index (χ3n) is 10.3. The van der Waals surface area contributed by atoms with Crippen molar-refractivity contribution in [3.8, 4) is 0 Å². The molecule has 1 aliphatic heterocycles. The van der Waals surface area contributed by atoms with Crippen LogP contribution in [-0.2, 0) is 9.47 Å². The van der Waals surface area contributed by atoms with Gasteiger partial charge < -0.3 is 9.47 Å². The maximum Gasteiger partial charge on any atom is 0.266 e. The van der Waals surface area contributed by atoms with Crippen LogP contribution in [0.5, 0.6) is 0 Å². The van der Waals surface area contributed by atoms with Crippen molar-refractivity contribution in [3.63, 3.8) is 0 Å². The van der Waals surface area contributed by atoms with E-state index in [2.05, 4.69) is 6.92 Å². The van der Waals surface area contributed by atoms with Crippen LogP contribution in [0.1, 0.15) is 122 Å². The van der Waals surface area contributed by atoms with Gasteiger partial charge in [0, 0.05) is 5.92 Å². The van der Waals surface area contributed by atoms with E-state index in [0.29, 0.717) is 5.92 Å². The third-order valence-corrected chi connectivity index (χ3v) is 10.3. The molecule has 0 radical (unpaired) electrons. The van der Waals surface area contributed by atoms with E-state index >= 15 is 0 Å². The summed E-state index contributed by atoms with van der Waals surface area (Å²) in [6.45, 7) is 4.03. The van der Waals surface area contributed by atoms with Crippen LogP contribution >= 0.6 is 0 Å². The summed E-state index contributed by atoms with van der Waals surface area (Å²) in [7, 11) is 0. The van der Waals surface area contributed by atoms with E-state index in [-0.39, 0.29) is 12.2 Å². The zero-order valence-electron chi connectivity index (χ0n) is 22.4. The summed E-state index contributed by atoms with van der Waals surface area (Å²) in [6.07, 6.45) is 23.2. The van der Waals surface area contributed by atoms with Gasteiger partial charge in [0.15, 0.2) is 6.29 Å². The predicted molar refractivity (Wildman–Crippen MR) is 139 cm³/mol. The van der Waals surface area contributed by atoms with E-state index in [4.69, 9.17) is 9.47 Å². The summed E-state index contributed by atoms with van der Waals surface area (Å²) >= 11 is 0. The van der Waals surface area contributed by atoms with Gasteiger partial charge >= 0.3 is 0 Å². The highest BCUT2D eigenvalue weighted by Gasteiger charge is 2.32. The molecular formula is C31H52F2O2. The summed E-state index contributed by atoms with van der Waals surface area (Å²) in [5.41, 5.74) is 0. The molecule has 0 aromatic rings. The molecule has 0 amide bonds. The Kier molecular flexibility index (Phi) is 11.4. The Morgan fingerprint density at radius 1 is 0.629 bits per heavy atom. The van der Waals surface area contributed by atoms with Crippen molar-refractivity contribution in [3.05, 3.63) is 12.2 Å². The average molecular weight is 495 g/mol. The number of ether oxygens (including phenoxy) is 2. The fraction of sp³-hybridized carbons (Fsp3) is 0.935. The van der Waals surface area contributed by atoms with Crippen molar-refractivity contribution in [1.29, 1.82) is 0 Å². The molecule has 35 heavy (non-hydrogen) atoms. The van der Waals surface area contributed by atoms with E-state index in [1.165, 1.54) is 96.0 Å². The molecule has 0 atom stereocenters. The van der Waals surface area contributed by atoms with Crippen molar-refractivity contribution in [1.82, 2.24) is 0 Å². The molecular weight excluding hydrogens is 442 g/mol. The Balaban J connectivity index is 1.02. The van der Waals surface area contributed by atoms with Crippen molar-refractivity contribution in [2.24, 2.45) is 41.4 Å². The maximum atomic E-state index is 12.5. The first-order chi connectivity index (χ1) is 17.1. The van der Waals surface area contributed by atoms with Gasteiger partial charge in [-0.15, -0.1) is 0 Å². The lowest BCUT2D eigenvalue weighted by Gasteiger charge is -2.38. The van der Waals surface area contributed by atoms with E-state index in [0.717, 1.165) is 68.5 Å². The molecule has 1 heterocycles. The van der Waals surface area contributed by atoms with Gasteiger partial charge in [-0.1, -0.05) is 64.7 Å². The van der Waals surface area contributed by atoms with Gasteiger partial charge in [0.05, 0.1) is 13.2 Å². The molecule has 4 fully saturated rings. The van der Waals surface area contributed by atoms with Crippen LogP contribution in [0, 0.1) is 41.4 Å². The summed E-state index contributed by atoms with van der Waals surface area (Å²) in [6, 6.07) is 0. The lowest BCUT2D eigenvalue weighted by molar-refractivity contribution is -0.212. The minimum atomic E-state index is -1.48. The molecule has 3 saturated carbocycles. The van der Waals surface area contributed by atoms with E-state index in [9.17, 15) is 8.78 Å². The molecule has 202 valence electrons. The summed E-state index contributed by atoms with van der Waals surface area (Å²) in [5, 5.41) is 0. The molecule has 4 aliphatic rings. The van der Waals surface area contributed by atoms with Crippen LogP contribution in [0.3, 0.4) is 0 Å². The van der Waals surface area contributed by atoms with Crippen LogP contribution in [0.15, 0.2) is 12.2 Å². The quantitative estimate of drug-likeness (QED) is 0.281. The SMILES string of the molecule is CCCC1OCC(C2CCC(CCCCC3CCC(C4CCC(C=C(F)F)CC4)CC3)CC2)CO1. The van der Waals surface area contributed by atoms with E-state index < -0.39 is 6.08 Å². The Bertz CT molecular complexity index is 601. The molecule has 0 bridgehead atoms. The number of unbranched alkanes of at least 4 members (excludes halogenated alkanes) is 1. The molecule has 2 nitrogen and oxygen atoms in total. The van der Waals surface area contributed by atoms with Gasteiger partial charge in [-0.25, -0.2) is 0 Å². The first-order valence-corrected chi connectivity index (χ1v) is 15.4. The van der Waals surface area contributed by atoms with E-state index in [1.54, 1.807) is 0 Å². The van der Waals surface area contributed by atoms with Crippen LogP contribution in [0.4, 0.5) is 8.78 Å². The zero-order chi connectivity index (χ0) is 24.5. The largest absolute Gasteiger partial charge is 0.352 e. The minimum absolute atomic E-state index is 0.0563. The van der Waals surface area contributed by atoms with Crippen molar-refractivity contribution in [2.45, 2.75) is 129 Å². The highest BCUT2D eigenvalue weighted by molar-refractivity contribution is 4.92. The van der Waals surface area contributed by atoms with Crippen molar-refractivity contribution >= 4 is 0 Å². The Labute approximate surface area is 214 Å². The van der Waals surface area contributed by atoms with Crippen molar-refractivity contribution in [2.75, 3.05) is 13.2 Å². The van der Waals surface area contributed by atoms with Crippen LogP contribution in [0.25, 0.3) is 0 Å². The predicted octanol–water partition coefficient (Wildman–Crippen LogP) is 9.54. The van der Waals surface area contributed by atoms with Gasteiger partial charge in [0.25, 0.3) is 6.08 Å². The highest BCUT2D eigenvalue weighted by Crippen LogP contribution is 2.43. The van der Waals surface area contributed by atoms with Gasteiger partial charge in [0.2, 0.25) is 0 Å². The number of hydrogen-bond acceptors (Lipinski definition) is 2. The fourth-order valence-electron chi connectivity index (χ4n) is 7.96. The Morgan fingerprint density at radius 3 is 1.54 bits per heavy atom. The summed E-state index contributed by atoms with van der Waals surface area (Å²) < 4.78 is 36.9. The third kappa shape index (κ3) is 8.80. The first-order valence-electron chi connectivity index (χ1n) is 15.4. The lowest BCUT2D eigenvalue weighted by atomic mass is 9.68. The second-order valence-corrected chi connectivity index (χ2v) is 12.6. The summed E-state index contributed by atoms with van der Waals surface area (Å²) in [5.74, 6) is 5.17. The number of halogens is 2. The first kappa shape index (κ1) is 27.6. The zero-order valence-corrected chi connectivity index (χ0v) is 22.4. The lowest BCUT2D eigenvalue weighted by Crippen LogP contribution is -2.37. The van der Waals surface area contributed by atoms with Gasteiger partial charge in [0.1, 0.15) is 0 Å². The molecule has 0 N–H and O–H groups in total. The second-order valence-electron chi connectivity index (χ2n) is 12.6. The molecule has 0 aromatic carbocycles. The smallest absolute Gasteiger partial charge is 0.266 e. The van der Waals surface area contributed by atoms with E-state index in [1.807, 2.05) is 0 Å². The van der Waals surface area contributed by atoms with Gasteiger partial charge in [-0.2, -0.15) is 8.78 Å². The fourth-order valence-corrected chi connectivity index (χ4v) is 7.96. The van der Waals surface area contributed by atoms with Gasteiger partial charge in [-0.05, 0) is 99.4 Å². The number of allylic oxidation sites excluding steroid dienone is 1. The standard InChI is InChI=1S/C31H52F2O2/c1-2-5-31-34-21-29(22-35-31)28-16-10-24(11-17-28)7-4-3-6-23-8-14-26(15-9-23)27-18-12-25(13-19-27)20-30(32)33/h20,23-29,31H,2-19,21-22H2,1H3. The molecule has 0 unspecified atom stereocenters. The molecule has 4 rings (SSSR count). The van der Waals surface area contributed by atoms with Crippen LogP contribution in [0.2, 0.25) is 0 Å². The molecule has 0 spiro atoms. The topological polar surface area (TPSA) is 18.5 Å². The maximum absolute atomic E-state index is 12.5. The van der Waals surface area contributed by atoms with Crippen LogP contribution in [-0.4, -0.2) is 19.5 Å².